The van der Waals surface area contributed by atoms with Gasteiger partial charge in [-0.25, -0.2) is 4.79 Å². The fourth-order valence-electron chi connectivity index (χ4n) is 2.22. The van der Waals surface area contributed by atoms with E-state index in [0.717, 1.165) is 6.07 Å². The molecule has 9 nitrogen and oxygen atoms in total. The Morgan fingerprint density at radius 3 is 2.21 bits per heavy atom. The van der Waals surface area contributed by atoms with Crippen LogP contribution in [0.5, 0.6) is 0 Å². The number of imide groups is 1. The minimum atomic E-state index is -1.10. The maximum atomic E-state index is 12.1. The molecule has 1 fully saturated rings. The maximum Gasteiger partial charge on any atom is 0.340 e. The van der Waals surface area contributed by atoms with Gasteiger partial charge >= 0.3 is 5.97 Å². The average molecular weight is 332 g/mol. The van der Waals surface area contributed by atoms with Gasteiger partial charge in [-0.1, -0.05) is 0 Å². The molecule has 24 heavy (non-hydrogen) atoms. The summed E-state index contributed by atoms with van der Waals surface area (Å²) >= 11 is 0. The van der Waals surface area contributed by atoms with Gasteiger partial charge in [0.25, 0.3) is 11.8 Å². The number of carbonyl (C=O) groups excluding carboxylic acids is 5. The zero-order valence-corrected chi connectivity index (χ0v) is 12.6. The van der Waals surface area contributed by atoms with Crippen LogP contribution in [0, 0.1) is 4.91 Å². The SMILES string of the molecule is CC(C(=O)ON1C(=O)CCC1=O)c1cc(C=O)c(C=O)cc1N=O. The number of hydrogen-bond acceptors (Lipinski definition) is 8. The standard InChI is InChI=1S/C15H12N2O7/c1-8(15(22)24-17-13(20)2-3-14(17)21)11-4-9(6-18)10(7-19)5-12(11)16-23/h4-8H,2-3H2,1H3. The van der Waals surface area contributed by atoms with Crippen LogP contribution in [0.25, 0.3) is 0 Å². The van der Waals surface area contributed by atoms with Gasteiger partial charge < -0.3 is 4.84 Å². The van der Waals surface area contributed by atoms with Crippen molar-refractivity contribution in [2.45, 2.75) is 25.7 Å². The molecule has 1 saturated heterocycles. The van der Waals surface area contributed by atoms with Gasteiger partial charge in [0.2, 0.25) is 0 Å². The predicted molar refractivity (Wildman–Crippen MR) is 78.3 cm³/mol. The van der Waals surface area contributed by atoms with Crippen molar-refractivity contribution in [1.29, 1.82) is 0 Å². The van der Waals surface area contributed by atoms with Crippen molar-refractivity contribution in [2.24, 2.45) is 5.18 Å². The van der Waals surface area contributed by atoms with Crippen molar-refractivity contribution in [2.75, 3.05) is 0 Å². The fourth-order valence-corrected chi connectivity index (χ4v) is 2.22. The van der Waals surface area contributed by atoms with Gasteiger partial charge in [0.1, 0.15) is 5.69 Å². The Bertz CT molecular complexity index is 740. The highest BCUT2D eigenvalue weighted by Crippen LogP contribution is 2.31. The zero-order valence-electron chi connectivity index (χ0n) is 12.6. The lowest BCUT2D eigenvalue weighted by Crippen LogP contribution is -2.33. The number of nitroso groups, excluding NO2 is 1. The summed E-state index contributed by atoms with van der Waals surface area (Å²) in [5.41, 5.74) is -0.248. The average Bonchev–Trinajstić information content (AvgIpc) is 2.91. The number of rotatable bonds is 6. The highest BCUT2D eigenvalue weighted by Gasteiger charge is 2.34. The zero-order chi connectivity index (χ0) is 17.9. The third kappa shape index (κ3) is 3.09. The first-order valence-electron chi connectivity index (χ1n) is 6.92. The number of carbonyl (C=O) groups is 5. The molecule has 0 radical (unpaired) electrons. The number of amides is 2. The predicted octanol–water partition coefficient (Wildman–Crippen LogP) is 1.42. The van der Waals surface area contributed by atoms with Crippen LogP contribution >= 0.6 is 0 Å². The number of hydroxylamine groups is 2. The first kappa shape index (κ1) is 17.1. The molecule has 124 valence electrons. The molecule has 0 N–H and O–H groups in total. The van der Waals surface area contributed by atoms with Crippen LogP contribution in [0.4, 0.5) is 5.69 Å². The molecule has 1 unspecified atom stereocenters. The number of benzene rings is 1. The second kappa shape index (κ2) is 6.90. The summed E-state index contributed by atoms with van der Waals surface area (Å²) in [5.74, 6) is -3.35. The Morgan fingerprint density at radius 1 is 1.17 bits per heavy atom. The van der Waals surface area contributed by atoms with E-state index in [9.17, 15) is 28.9 Å². The van der Waals surface area contributed by atoms with E-state index in [2.05, 4.69) is 5.18 Å². The van der Waals surface area contributed by atoms with E-state index in [1.165, 1.54) is 13.0 Å². The third-order valence-corrected chi connectivity index (χ3v) is 3.59. The molecule has 0 aliphatic carbocycles. The molecule has 1 aliphatic heterocycles. The van der Waals surface area contributed by atoms with Crippen LogP contribution < -0.4 is 0 Å². The highest BCUT2D eigenvalue weighted by molar-refractivity contribution is 6.02. The van der Waals surface area contributed by atoms with Gasteiger partial charge in [-0.2, -0.15) is 0 Å². The number of aldehydes is 2. The molecule has 9 heteroatoms. The maximum absolute atomic E-state index is 12.1. The molecule has 1 heterocycles. The first-order chi connectivity index (χ1) is 11.4. The Balaban J connectivity index is 2.32. The van der Waals surface area contributed by atoms with E-state index >= 15 is 0 Å². The quantitative estimate of drug-likeness (QED) is 0.438. The molecule has 0 spiro atoms. The van der Waals surface area contributed by atoms with Crippen molar-refractivity contribution in [3.05, 3.63) is 33.7 Å². The molecule has 1 aromatic carbocycles. The van der Waals surface area contributed by atoms with Crippen molar-refractivity contribution >= 4 is 36.0 Å². The van der Waals surface area contributed by atoms with Gasteiger partial charge in [0.05, 0.1) is 5.92 Å². The molecule has 2 amide bonds. The van der Waals surface area contributed by atoms with E-state index in [0.29, 0.717) is 17.6 Å². The summed E-state index contributed by atoms with van der Waals surface area (Å²) in [7, 11) is 0. The number of nitrogens with zero attached hydrogens (tertiary/aromatic N) is 2. The summed E-state index contributed by atoms with van der Waals surface area (Å²) in [6.07, 6.45) is 0.677. The summed E-state index contributed by atoms with van der Waals surface area (Å²) in [6, 6.07) is 2.25. The second-order valence-corrected chi connectivity index (χ2v) is 5.08. The van der Waals surface area contributed by atoms with Gasteiger partial charge in [-0.3, -0.25) is 19.2 Å². The van der Waals surface area contributed by atoms with Crippen LogP contribution in [0.15, 0.2) is 17.3 Å². The lowest BCUT2D eigenvalue weighted by atomic mass is 9.95. The number of hydrogen-bond donors (Lipinski definition) is 0. The smallest absolute Gasteiger partial charge is 0.330 e. The first-order valence-corrected chi connectivity index (χ1v) is 6.92. The Morgan fingerprint density at radius 2 is 1.71 bits per heavy atom. The van der Waals surface area contributed by atoms with E-state index < -0.39 is 23.7 Å². The fraction of sp³-hybridized carbons (Fsp3) is 0.267. The molecule has 2 rings (SSSR count). The van der Waals surface area contributed by atoms with E-state index in [-0.39, 0.29) is 35.2 Å². The van der Waals surface area contributed by atoms with Gasteiger partial charge in [0, 0.05) is 24.0 Å². The normalized spacial score (nSPS) is 15.1. The van der Waals surface area contributed by atoms with Crippen LogP contribution in [-0.4, -0.2) is 35.4 Å². The summed E-state index contributed by atoms with van der Waals surface area (Å²) in [5, 5.41) is 3.12. The molecule has 0 saturated carbocycles. The van der Waals surface area contributed by atoms with E-state index in [1.54, 1.807) is 0 Å². The lowest BCUT2D eigenvalue weighted by Gasteiger charge is -2.17. The molecule has 1 atom stereocenters. The monoisotopic (exact) mass is 332 g/mol. The largest absolute Gasteiger partial charge is 0.340 e. The van der Waals surface area contributed by atoms with Crippen LogP contribution in [0.3, 0.4) is 0 Å². The second-order valence-electron chi connectivity index (χ2n) is 5.08. The van der Waals surface area contributed by atoms with E-state index in [4.69, 9.17) is 4.84 Å². The van der Waals surface area contributed by atoms with Crippen molar-refractivity contribution in [1.82, 2.24) is 5.06 Å². The Labute approximate surface area is 135 Å². The topological polar surface area (TPSA) is 127 Å². The Hall–Kier alpha value is -3.23. The summed E-state index contributed by atoms with van der Waals surface area (Å²) in [6.45, 7) is 1.35. The molecule has 0 bridgehead atoms. The minimum Gasteiger partial charge on any atom is -0.330 e. The van der Waals surface area contributed by atoms with Crippen LogP contribution in [0.1, 0.15) is 52.0 Å². The molecule has 1 aromatic rings. The van der Waals surface area contributed by atoms with Crippen molar-refractivity contribution in [3.63, 3.8) is 0 Å². The van der Waals surface area contributed by atoms with Crippen molar-refractivity contribution in [3.8, 4) is 0 Å². The van der Waals surface area contributed by atoms with Crippen LogP contribution in [-0.2, 0) is 19.2 Å². The summed E-state index contributed by atoms with van der Waals surface area (Å²) in [4.78, 5) is 72.7. The van der Waals surface area contributed by atoms with Gasteiger partial charge in [-0.15, -0.1) is 9.97 Å². The van der Waals surface area contributed by atoms with Gasteiger partial charge in [-0.05, 0) is 29.8 Å². The van der Waals surface area contributed by atoms with Gasteiger partial charge in [0.15, 0.2) is 12.6 Å². The molecular formula is C15H12N2O7. The molecule has 0 aromatic heterocycles. The van der Waals surface area contributed by atoms with Crippen molar-refractivity contribution < 1.29 is 28.8 Å². The Kier molecular flexibility index (Phi) is 4.93. The van der Waals surface area contributed by atoms with Crippen LogP contribution in [0.2, 0.25) is 0 Å². The lowest BCUT2D eigenvalue weighted by molar-refractivity contribution is -0.198. The summed E-state index contributed by atoms with van der Waals surface area (Å²) < 4.78 is 0. The third-order valence-electron chi connectivity index (χ3n) is 3.59. The molecular weight excluding hydrogens is 320 g/mol. The highest BCUT2D eigenvalue weighted by atomic mass is 16.7. The molecule has 1 aliphatic rings. The minimum absolute atomic E-state index is 0.0274. The van der Waals surface area contributed by atoms with E-state index in [1.807, 2.05) is 0 Å².